The summed E-state index contributed by atoms with van der Waals surface area (Å²) in [7, 11) is 0. The summed E-state index contributed by atoms with van der Waals surface area (Å²) in [6, 6.07) is 64.1. The summed E-state index contributed by atoms with van der Waals surface area (Å²) < 4.78 is 2.33. The molecule has 57 heavy (non-hydrogen) atoms. The van der Waals surface area contributed by atoms with Crippen molar-refractivity contribution in [3.05, 3.63) is 212 Å². The Morgan fingerprint density at radius 1 is 0.456 bits per heavy atom. The SMILES string of the molecule is C/C=C\C=C(/C)c1c2ccccc2c(-c2ccccc2)c2ccc(-c3ccc(-c4ccc(-c5ccc6c(c5)c5cnccc5n6-c5ccccc5)cc4)cc3)cc12. The molecule has 2 nitrogen and oxygen atoms in total. The van der Waals surface area contributed by atoms with Gasteiger partial charge in [0.15, 0.2) is 0 Å². The third-order valence-electron chi connectivity index (χ3n) is 11.4. The van der Waals surface area contributed by atoms with E-state index in [1.165, 1.54) is 88.1 Å². The molecule has 10 rings (SSSR count). The number of rotatable bonds is 7. The van der Waals surface area contributed by atoms with Crippen LogP contribution in [0.25, 0.3) is 99.1 Å². The summed E-state index contributed by atoms with van der Waals surface area (Å²) in [6.45, 7) is 4.30. The number of hydrogen-bond acceptors (Lipinski definition) is 1. The highest BCUT2D eigenvalue weighted by atomic mass is 15.0. The molecule has 0 bridgehead atoms. The number of allylic oxidation sites excluding steroid dienone is 4. The van der Waals surface area contributed by atoms with Crippen LogP contribution in [-0.4, -0.2) is 9.55 Å². The molecule has 0 spiro atoms. The van der Waals surface area contributed by atoms with E-state index in [2.05, 4.69) is 218 Å². The van der Waals surface area contributed by atoms with Crippen molar-refractivity contribution in [3.63, 3.8) is 0 Å². The number of fused-ring (bicyclic) bond motifs is 5. The van der Waals surface area contributed by atoms with Crippen LogP contribution in [0, 0.1) is 0 Å². The van der Waals surface area contributed by atoms with Crippen LogP contribution in [0.4, 0.5) is 0 Å². The van der Waals surface area contributed by atoms with Gasteiger partial charge in [0.05, 0.1) is 11.0 Å². The largest absolute Gasteiger partial charge is 0.309 e. The fourth-order valence-electron chi connectivity index (χ4n) is 8.63. The predicted octanol–water partition coefficient (Wildman–Crippen LogP) is 15.1. The van der Waals surface area contributed by atoms with Gasteiger partial charge in [-0.25, -0.2) is 0 Å². The average molecular weight is 729 g/mol. The Hall–Kier alpha value is -7.29. The zero-order valence-corrected chi connectivity index (χ0v) is 32.0. The molecule has 0 amide bonds. The van der Waals surface area contributed by atoms with Gasteiger partial charge in [-0.1, -0.05) is 158 Å². The van der Waals surface area contributed by atoms with Crippen LogP contribution in [0.3, 0.4) is 0 Å². The Labute approximate surface area is 333 Å². The van der Waals surface area contributed by atoms with Gasteiger partial charge in [0.1, 0.15) is 0 Å². The number of benzene rings is 8. The molecule has 0 unspecified atom stereocenters. The standard InChI is InChI=1S/C55H40N2/c1-3-4-13-37(2)54-46-18-11-12-19-47(46)55(42-14-7-5-8-15-42)48-30-28-43(35-50(48)54)40-24-20-38(21-25-40)39-22-26-41(27-23-39)44-29-31-52-49(34-44)51-36-56-33-32-53(51)57(52)45-16-9-6-10-17-45/h3-36H,1-2H3/b4-3-,37-13+. The van der Waals surface area contributed by atoms with E-state index >= 15 is 0 Å². The monoisotopic (exact) mass is 728 g/mol. The van der Waals surface area contributed by atoms with Gasteiger partial charge in [0, 0.05) is 28.9 Å². The number of hydrogen-bond donors (Lipinski definition) is 0. The molecule has 0 aliphatic carbocycles. The quantitative estimate of drug-likeness (QED) is 0.118. The average Bonchev–Trinajstić information content (AvgIpc) is 3.61. The maximum absolute atomic E-state index is 4.48. The molecule has 0 radical (unpaired) electrons. The third kappa shape index (κ3) is 6.03. The van der Waals surface area contributed by atoms with Gasteiger partial charge >= 0.3 is 0 Å². The van der Waals surface area contributed by atoms with Crippen LogP contribution in [0.5, 0.6) is 0 Å². The molecule has 2 heterocycles. The minimum Gasteiger partial charge on any atom is -0.309 e. The van der Waals surface area contributed by atoms with Crippen molar-refractivity contribution in [3.8, 4) is 50.2 Å². The molecular weight excluding hydrogens is 689 g/mol. The normalized spacial score (nSPS) is 12.1. The predicted molar refractivity (Wildman–Crippen MR) is 244 cm³/mol. The van der Waals surface area contributed by atoms with Crippen molar-refractivity contribution >= 4 is 48.9 Å². The summed E-state index contributed by atoms with van der Waals surface area (Å²) in [5.74, 6) is 0. The van der Waals surface area contributed by atoms with Crippen molar-refractivity contribution in [1.82, 2.24) is 9.55 Å². The van der Waals surface area contributed by atoms with E-state index in [1.807, 2.05) is 12.4 Å². The molecule has 0 saturated heterocycles. The van der Waals surface area contributed by atoms with E-state index in [-0.39, 0.29) is 0 Å². The maximum Gasteiger partial charge on any atom is 0.0571 e. The zero-order chi connectivity index (χ0) is 38.3. The first-order chi connectivity index (χ1) is 28.2. The van der Waals surface area contributed by atoms with Gasteiger partial charge in [-0.3, -0.25) is 4.98 Å². The second kappa shape index (κ2) is 14.4. The van der Waals surface area contributed by atoms with Gasteiger partial charge in [-0.05, 0) is 127 Å². The van der Waals surface area contributed by atoms with Gasteiger partial charge < -0.3 is 4.57 Å². The fourth-order valence-corrected chi connectivity index (χ4v) is 8.63. The first-order valence-electron chi connectivity index (χ1n) is 19.6. The van der Waals surface area contributed by atoms with Gasteiger partial charge in [0.25, 0.3) is 0 Å². The molecule has 270 valence electrons. The van der Waals surface area contributed by atoms with Gasteiger partial charge in [-0.15, -0.1) is 0 Å². The highest BCUT2D eigenvalue weighted by molar-refractivity contribution is 6.19. The molecule has 0 atom stereocenters. The maximum atomic E-state index is 4.48. The fraction of sp³-hybridized carbons (Fsp3) is 0.0364. The van der Waals surface area contributed by atoms with E-state index in [4.69, 9.17) is 0 Å². The third-order valence-corrected chi connectivity index (χ3v) is 11.4. The molecule has 0 N–H and O–H groups in total. The molecule has 2 heteroatoms. The molecule has 10 aromatic rings. The minimum atomic E-state index is 1.15. The minimum absolute atomic E-state index is 1.15. The Balaban J connectivity index is 1.00. The lowest BCUT2D eigenvalue weighted by Crippen LogP contribution is -1.93. The van der Waals surface area contributed by atoms with Crippen molar-refractivity contribution in [2.45, 2.75) is 13.8 Å². The van der Waals surface area contributed by atoms with Crippen molar-refractivity contribution in [2.24, 2.45) is 0 Å². The van der Waals surface area contributed by atoms with Crippen LogP contribution in [0.1, 0.15) is 19.4 Å². The first kappa shape index (κ1) is 34.2. The van der Waals surface area contributed by atoms with Crippen LogP contribution in [0.2, 0.25) is 0 Å². The topological polar surface area (TPSA) is 17.8 Å². The van der Waals surface area contributed by atoms with E-state index in [9.17, 15) is 0 Å². The lowest BCUT2D eigenvalue weighted by Gasteiger charge is -2.19. The Morgan fingerprint density at radius 2 is 0.982 bits per heavy atom. The highest BCUT2D eigenvalue weighted by Gasteiger charge is 2.18. The second-order valence-corrected chi connectivity index (χ2v) is 14.7. The van der Waals surface area contributed by atoms with E-state index in [0.29, 0.717) is 0 Å². The molecule has 8 aromatic carbocycles. The Bertz CT molecular complexity index is 3150. The highest BCUT2D eigenvalue weighted by Crippen LogP contribution is 2.43. The molecule has 0 fully saturated rings. The number of nitrogens with zero attached hydrogens (tertiary/aromatic N) is 2. The number of pyridine rings is 1. The van der Waals surface area contributed by atoms with Crippen LogP contribution < -0.4 is 0 Å². The van der Waals surface area contributed by atoms with Crippen molar-refractivity contribution < 1.29 is 0 Å². The lowest BCUT2D eigenvalue weighted by atomic mass is 9.85. The number of aromatic nitrogens is 2. The van der Waals surface area contributed by atoms with Crippen LogP contribution in [-0.2, 0) is 0 Å². The summed E-state index contributed by atoms with van der Waals surface area (Å²) in [4.78, 5) is 4.48. The summed E-state index contributed by atoms with van der Waals surface area (Å²) in [5, 5.41) is 7.43. The molecule has 2 aromatic heterocycles. The second-order valence-electron chi connectivity index (χ2n) is 14.7. The van der Waals surface area contributed by atoms with Crippen molar-refractivity contribution in [2.75, 3.05) is 0 Å². The zero-order valence-electron chi connectivity index (χ0n) is 32.0. The Morgan fingerprint density at radius 3 is 1.65 bits per heavy atom. The van der Waals surface area contributed by atoms with E-state index in [1.54, 1.807) is 0 Å². The first-order valence-corrected chi connectivity index (χ1v) is 19.6. The Kier molecular flexibility index (Phi) is 8.65. The molecule has 0 aliphatic rings. The van der Waals surface area contributed by atoms with Crippen LogP contribution >= 0.6 is 0 Å². The van der Waals surface area contributed by atoms with Gasteiger partial charge in [0.2, 0.25) is 0 Å². The molecule has 0 saturated carbocycles. The lowest BCUT2D eigenvalue weighted by molar-refractivity contribution is 1.17. The summed E-state index contributed by atoms with van der Waals surface area (Å²) in [6.07, 6.45) is 10.3. The van der Waals surface area contributed by atoms with E-state index in [0.717, 1.165) is 16.6 Å². The van der Waals surface area contributed by atoms with Crippen LogP contribution in [0.15, 0.2) is 207 Å². The summed E-state index contributed by atoms with van der Waals surface area (Å²) in [5.41, 5.74) is 15.7. The smallest absolute Gasteiger partial charge is 0.0571 e. The van der Waals surface area contributed by atoms with Gasteiger partial charge in [-0.2, -0.15) is 0 Å². The van der Waals surface area contributed by atoms with E-state index < -0.39 is 0 Å². The van der Waals surface area contributed by atoms with Crippen molar-refractivity contribution in [1.29, 1.82) is 0 Å². The number of para-hydroxylation sites is 1. The molecule has 0 aliphatic heterocycles. The molecular formula is C55H40N2. The summed E-state index contributed by atoms with van der Waals surface area (Å²) >= 11 is 0.